The van der Waals surface area contributed by atoms with Crippen molar-refractivity contribution in [1.29, 1.82) is 0 Å². The molecule has 2 aliphatic rings. The third-order valence-corrected chi connectivity index (χ3v) is 7.62. The van der Waals surface area contributed by atoms with Crippen LogP contribution in [-0.2, 0) is 10.2 Å². The van der Waals surface area contributed by atoms with Crippen LogP contribution in [0.15, 0.2) is 48.9 Å². The van der Waals surface area contributed by atoms with E-state index < -0.39 is 5.91 Å². The SMILES string of the molecule is Cc1nc2cc(C(=O)NCCN3CCOCC3)ncn2c1-c1ccnc(C2(c3ccc(C(=O)NO)cc3)CC2)n1. The molecule has 1 saturated heterocycles. The highest BCUT2D eigenvalue weighted by molar-refractivity contribution is 5.93. The van der Waals surface area contributed by atoms with E-state index in [0.717, 1.165) is 62.6 Å². The highest BCUT2D eigenvalue weighted by atomic mass is 16.5. The van der Waals surface area contributed by atoms with E-state index in [0.29, 0.717) is 35.0 Å². The average Bonchev–Trinajstić information content (AvgIpc) is 3.74. The standard InChI is InChI=1S/C28H30N8O4/c1-18-24(36-17-31-22(16-23(36)32-18)26(38)29-10-11-35-12-14-40-15-13-35)21-6-9-30-27(33-21)28(7-8-28)20-4-2-19(3-5-20)25(37)34-39/h2-6,9,16-17,39H,7-8,10-15H2,1H3,(H,29,38)(H,34,37). The number of amides is 2. The van der Waals surface area contributed by atoms with Crippen molar-refractivity contribution < 1.29 is 19.5 Å². The minimum Gasteiger partial charge on any atom is -0.379 e. The van der Waals surface area contributed by atoms with Crippen molar-refractivity contribution in [3.05, 3.63) is 77.3 Å². The molecule has 0 bridgehead atoms. The lowest BCUT2D eigenvalue weighted by molar-refractivity contribution is 0.0383. The van der Waals surface area contributed by atoms with Crippen molar-refractivity contribution in [2.45, 2.75) is 25.2 Å². The molecule has 3 aromatic heterocycles. The number of carbonyl (C=O) groups excluding carboxylic acids is 2. The molecule has 4 heterocycles. The van der Waals surface area contributed by atoms with E-state index in [9.17, 15) is 9.59 Å². The molecule has 2 amide bonds. The summed E-state index contributed by atoms with van der Waals surface area (Å²) in [4.78, 5) is 45.4. The van der Waals surface area contributed by atoms with Gasteiger partial charge in [0.25, 0.3) is 11.8 Å². The Morgan fingerprint density at radius 3 is 2.55 bits per heavy atom. The van der Waals surface area contributed by atoms with Gasteiger partial charge in [-0.25, -0.2) is 25.4 Å². The Morgan fingerprint density at radius 1 is 1.05 bits per heavy atom. The molecular formula is C28H30N8O4. The topological polar surface area (TPSA) is 147 Å². The number of aromatic nitrogens is 5. The first-order valence-corrected chi connectivity index (χ1v) is 13.3. The normalized spacial score (nSPS) is 16.6. The lowest BCUT2D eigenvalue weighted by Crippen LogP contribution is -2.41. The summed E-state index contributed by atoms with van der Waals surface area (Å²) in [5, 5.41) is 11.8. The molecule has 206 valence electrons. The summed E-state index contributed by atoms with van der Waals surface area (Å²) in [5.74, 6) is -0.0941. The summed E-state index contributed by atoms with van der Waals surface area (Å²) in [6.45, 7) is 6.40. The van der Waals surface area contributed by atoms with E-state index in [4.69, 9.17) is 14.9 Å². The molecule has 40 heavy (non-hydrogen) atoms. The molecule has 1 aliphatic heterocycles. The maximum absolute atomic E-state index is 12.8. The minimum atomic E-state index is -0.556. The largest absolute Gasteiger partial charge is 0.379 e. The van der Waals surface area contributed by atoms with Gasteiger partial charge in [-0.15, -0.1) is 0 Å². The van der Waals surface area contributed by atoms with E-state index in [1.165, 1.54) is 0 Å². The zero-order valence-electron chi connectivity index (χ0n) is 22.1. The van der Waals surface area contributed by atoms with Gasteiger partial charge in [-0.1, -0.05) is 12.1 Å². The number of hydrogen-bond donors (Lipinski definition) is 3. The molecule has 2 fully saturated rings. The van der Waals surface area contributed by atoms with E-state index in [1.807, 2.05) is 29.5 Å². The zero-order valence-corrected chi connectivity index (χ0v) is 22.1. The maximum atomic E-state index is 12.8. The lowest BCUT2D eigenvalue weighted by atomic mass is 9.93. The molecule has 6 rings (SSSR count). The van der Waals surface area contributed by atoms with Crippen LogP contribution in [0.5, 0.6) is 0 Å². The summed E-state index contributed by atoms with van der Waals surface area (Å²) in [5.41, 5.74) is 5.89. The van der Waals surface area contributed by atoms with Crippen molar-refractivity contribution in [2.24, 2.45) is 0 Å². The van der Waals surface area contributed by atoms with Crippen LogP contribution < -0.4 is 10.8 Å². The summed E-state index contributed by atoms with van der Waals surface area (Å²) < 4.78 is 7.21. The second-order valence-electron chi connectivity index (χ2n) is 10.1. The molecule has 3 N–H and O–H groups in total. The first kappa shape index (κ1) is 26.0. The molecule has 0 radical (unpaired) electrons. The number of rotatable bonds is 8. The number of nitrogens with one attached hydrogen (secondary N) is 2. The highest BCUT2D eigenvalue weighted by Gasteiger charge is 2.48. The van der Waals surface area contributed by atoms with Gasteiger partial charge in [-0.05, 0) is 43.5 Å². The number of hydroxylamine groups is 1. The molecule has 0 unspecified atom stereocenters. The fourth-order valence-corrected chi connectivity index (χ4v) is 5.23. The molecule has 12 heteroatoms. The number of imidazole rings is 1. The Kier molecular flexibility index (Phi) is 6.96. The Labute approximate surface area is 230 Å². The highest BCUT2D eigenvalue weighted by Crippen LogP contribution is 2.52. The number of ether oxygens (including phenoxy) is 1. The van der Waals surface area contributed by atoms with Gasteiger partial charge in [0.2, 0.25) is 0 Å². The van der Waals surface area contributed by atoms with Gasteiger partial charge >= 0.3 is 0 Å². The minimum absolute atomic E-state index is 0.236. The van der Waals surface area contributed by atoms with Gasteiger partial charge < -0.3 is 10.1 Å². The molecular weight excluding hydrogens is 512 g/mol. The number of fused-ring (bicyclic) bond motifs is 1. The number of carbonyl (C=O) groups is 2. The van der Waals surface area contributed by atoms with Crippen LogP contribution in [0.1, 0.15) is 50.8 Å². The Hall–Kier alpha value is -4.26. The molecule has 1 aromatic carbocycles. The fraction of sp³-hybridized carbons (Fsp3) is 0.357. The van der Waals surface area contributed by atoms with Gasteiger partial charge in [-0.2, -0.15) is 0 Å². The van der Waals surface area contributed by atoms with E-state index >= 15 is 0 Å². The molecule has 4 aromatic rings. The number of aryl methyl sites for hydroxylation is 1. The van der Waals surface area contributed by atoms with E-state index in [-0.39, 0.29) is 11.3 Å². The smallest absolute Gasteiger partial charge is 0.274 e. The molecule has 1 aliphatic carbocycles. The Balaban J connectivity index is 1.22. The quantitative estimate of drug-likeness (QED) is 0.224. The van der Waals surface area contributed by atoms with Crippen molar-refractivity contribution >= 4 is 17.5 Å². The third kappa shape index (κ3) is 4.92. The summed E-state index contributed by atoms with van der Waals surface area (Å²) in [6.07, 6.45) is 5.13. The average molecular weight is 543 g/mol. The second-order valence-corrected chi connectivity index (χ2v) is 10.1. The predicted molar refractivity (Wildman–Crippen MR) is 144 cm³/mol. The summed E-state index contributed by atoms with van der Waals surface area (Å²) in [7, 11) is 0. The maximum Gasteiger partial charge on any atom is 0.274 e. The zero-order chi connectivity index (χ0) is 27.7. The van der Waals surface area contributed by atoms with Crippen LogP contribution in [-0.4, -0.2) is 85.7 Å². The Morgan fingerprint density at radius 2 is 1.82 bits per heavy atom. The summed E-state index contributed by atoms with van der Waals surface area (Å²) >= 11 is 0. The fourth-order valence-electron chi connectivity index (χ4n) is 5.23. The first-order valence-electron chi connectivity index (χ1n) is 13.3. The molecule has 1 saturated carbocycles. The van der Waals surface area contributed by atoms with Gasteiger partial charge in [-0.3, -0.25) is 24.1 Å². The number of benzene rings is 1. The Bertz CT molecular complexity index is 1560. The van der Waals surface area contributed by atoms with Gasteiger partial charge in [0.05, 0.1) is 35.7 Å². The van der Waals surface area contributed by atoms with E-state index in [1.54, 1.807) is 36.2 Å². The summed E-state index contributed by atoms with van der Waals surface area (Å²) in [6, 6.07) is 10.7. The van der Waals surface area contributed by atoms with Crippen molar-refractivity contribution in [3.63, 3.8) is 0 Å². The van der Waals surface area contributed by atoms with Crippen molar-refractivity contribution in [2.75, 3.05) is 39.4 Å². The molecule has 0 spiro atoms. The predicted octanol–water partition coefficient (Wildman–Crippen LogP) is 1.76. The van der Waals surface area contributed by atoms with Crippen LogP contribution in [0, 0.1) is 6.92 Å². The molecule has 0 atom stereocenters. The number of morpholine rings is 1. The first-order chi connectivity index (χ1) is 19.5. The second kappa shape index (κ2) is 10.7. The van der Waals surface area contributed by atoms with Crippen LogP contribution in [0.4, 0.5) is 0 Å². The third-order valence-electron chi connectivity index (χ3n) is 7.62. The van der Waals surface area contributed by atoms with Crippen LogP contribution in [0.25, 0.3) is 17.0 Å². The van der Waals surface area contributed by atoms with Crippen molar-refractivity contribution in [1.82, 2.24) is 40.0 Å². The van der Waals surface area contributed by atoms with Crippen LogP contribution >= 0.6 is 0 Å². The van der Waals surface area contributed by atoms with Crippen LogP contribution in [0.3, 0.4) is 0 Å². The van der Waals surface area contributed by atoms with Crippen molar-refractivity contribution in [3.8, 4) is 11.4 Å². The van der Waals surface area contributed by atoms with Gasteiger partial charge in [0.15, 0.2) is 0 Å². The van der Waals surface area contributed by atoms with Crippen LogP contribution in [0.2, 0.25) is 0 Å². The number of hydrogen-bond acceptors (Lipinski definition) is 9. The van der Waals surface area contributed by atoms with E-state index in [2.05, 4.69) is 25.2 Å². The van der Waals surface area contributed by atoms with Gasteiger partial charge in [0, 0.05) is 44.0 Å². The molecule has 12 nitrogen and oxygen atoms in total. The number of nitrogens with zero attached hydrogens (tertiary/aromatic N) is 6. The lowest BCUT2D eigenvalue weighted by Gasteiger charge is -2.26. The van der Waals surface area contributed by atoms with Gasteiger partial charge in [0.1, 0.15) is 23.5 Å². The monoisotopic (exact) mass is 542 g/mol.